The number of imidazole rings is 1. The van der Waals surface area contributed by atoms with Crippen LogP contribution in [0.2, 0.25) is 0 Å². The third-order valence-corrected chi connectivity index (χ3v) is 8.34. The summed E-state index contributed by atoms with van der Waals surface area (Å²) in [5.74, 6) is -2.48. The molecular weight excluding hydrogens is 572 g/mol. The minimum absolute atomic E-state index is 0.0285. The van der Waals surface area contributed by atoms with Crippen molar-refractivity contribution < 1.29 is 28.2 Å². The van der Waals surface area contributed by atoms with E-state index in [1.54, 1.807) is 32.5 Å². The normalized spacial score (nSPS) is 18.8. The van der Waals surface area contributed by atoms with Crippen LogP contribution in [0.3, 0.4) is 0 Å². The van der Waals surface area contributed by atoms with Gasteiger partial charge in [0.1, 0.15) is 0 Å². The molecule has 230 valence electrons. The fraction of sp³-hybridized carbons (Fsp3) is 0.355. The molecule has 2 fully saturated rings. The van der Waals surface area contributed by atoms with Crippen LogP contribution in [0.4, 0.5) is 20.3 Å². The molecule has 6 rings (SSSR count). The summed E-state index contributed by atoms with van der Waals surface area (Å²) in [6.45, 7) is 4.65. The first-order chi connectivity index (χ1) is 21.3. The van der Waals surface area contributed by atoms with E-state index in [9.17, 15) is 23.5 Å². The van der Waals surface area contributed by atoms with Gasteiger partial charge in [0.2, 0.25) is 11.7 Å². The molecule has 2 aliphatic heterocycles. The number of piperidine rings is 1. The average molecular weight is 606 g/mol. The van der Waals surface area contributed by atoms with Crippen LogP contribution < -0.4 is 15.4 Å². The number of amides is 2. The second-order valence-electron chi connectivity index (χ2n) is 11.0. The number of aryl methyl sites for hydroxylation is 1. The Morgan fingerprint density at radius 3 is 2.57 bits per heavy atom. The number of carbonyl (C=O) groups excluding carboxylic acids is 2. The number of hydrogen-bond donors (Lipinski definition) is 3. The summed E-state index contributed by atoms with van der Waals surface area (Å²) >= 11 is 0. The van der Waals surface area contributed by atoms with Gasteiger partial charge < -0.3 is 30.3 Å². The monoisotopic (exact) mass is 605 g/mol. The summed E-state index contributed by atoms with van der Waals surface area (Å²) in [6.07, 6.45) is 4.50. The number of aliphatic hydroxyl groups excluding tert-OH is 1. The Kier molecular flexibility index (Phi) is 8.15. The molecule has 0 spiro atoms. The lowest BCUT2D eigenvalue weighted by molar-refractivity contribution is -0.141. The minimum atomic E-state index is -1.08. The number of aromatic nitrogens is 3. The van der Waals surface area contributed by atoms with Crippen molar-refractivity contribution in [2.75, 3.05) is 51.7 Å². The van der Waals surface area contributed by atoms with Gasteiger partial charge in [-0.3, -0.25) is 14.0 Å². The predicted octanol–water partition coefficient (Wildman–Crippen LogP) is 2.99. The maximum absolute atomic E-state index is 14.8. The van der Waals surface area contributed by atoms with Gasteiger partial charge in [0.25, 0.3) is 5.91 Å². The molecule has 4 aromatic rings. The van der Waals surface area contributed by atoms with Crippen molar-refractivity contribution in [2.45, 2.75) is 19.4 Å². The van der Waals surface area contributed by atoms with E-state index in [0.29, 0.717) is 74.1 Å². The number of anilines is 2. The fourth-order valence-electron chi connectivity index (χ4n) is 5.88. The van der Waals surface area contributed by atoms with Crippen LogP contribution in [0.1, 0.15) is 22.3 Å². The second kappa shape index (κ2) is 12.2. The van der Waals surface area contributed by atoms with Crippen LogP contribution in [0.25, 0.3) is 16.9 Å². The molecule has 2 aliphatic rings. The van der Waals surface area contributed by atoms with Gasteiger partial charge in [-0.1, -0.05) is 0 Å². The molecule has 2 atom stereocenters. The van der Waals surface area contributed by atoms with Crippen LogP contribution >= 0.6 is 0 Å². The minimum Gasteiger partial charge on any atom is -0.494 e. The highest BCUT2D eigenvalue weighted by molar-refractivity contribution is 5.96. The fourth-order valence-corrected chi connectivity index (χ4v) is 5.88. The summed E-state index contributed by atoms with van der Waals surface area (Å²) in [6, 6.07) is 8.14. The van der Waals surface area contributed by atoms with E-state index >= 15 is 0 Å². The van der Waals surface area contributed by atoms with Gasteiger partial charge in [-0.2, -0.15) is 4.39 Å². The van der Waals surface area contributed by atoms with E-state index in [4.69, 9.17) is 4.74 Å². The molecule has 4 heterocycles. The number of nitrogens with one attached hydrogen (secondary N) is 2. The zero-order valence-corrected chi connectivity index (χ0v) is 24.4. The number of halogens is 2. The smallest absolute Gasteiger partial charge is 0.254 e. The third-order valence-electron chi connectivity index (χ3n) is 8.34. The molecule has 2 aromatic carbocycles. The van der Waals surface area contributed by atoms with Gasteiger partial charge in [0.05, 0.1) is 31.0 Å². The number of benzene rings is 2. The Labute approximate surface area is 252 Å². The van der Waals surface area contributed by atoms with Crippen molar-refractivity contribution in [3.63, 3.8) is 0 Å². The predicted molar refractivity (Wildman–Crippen MR) is 159 cm³/mol. The van der Waals surface area contributed by atoms with E-state index in [2.05, 4.69) is 20.6 Å². The molecule has 2 saturated heterocycles. The molecule has 0 aliphatic carbocycles. The van der Waals surface area contributed by atoms with Crippen LogP contribution in [-0.4, -0.2) is 93.6 Å². The summed E-state index contributed by atoms with van der Waals surface area (Å²) in [7, 11) is 1.27. The lowest BCUT2D eigenvalue weighted by atomic mass is 9.93. The molecule has 2 amide bonds. The summed E-state index contributed by atoms with van der Waals surface area (Å²) in [4.78, 5) is 38.6. The van der Waals surface area contributed by atoms with Crippen molar-refractivity contribution in [1.82, 2.24) is 29.5 Å². The number of hydrogen-bond acceptors (Lipinski definition) is 8. The molecule has 0 radical (unpaired) electrons. The number of fused-ring (bicyclic) bond motifs is 1. The number of aliphatic hydroxyl groups is 1. The Bertz CT molecular complexity index is 1720. The van der Waals surface area contributed by atoms with Gasteiger partial charge in [-0.05, 0) is 55.8 Å². The highest BCUT2D eigenvalue weighted by Gasteiger charge is 2.34. The summed E-state index contributed by atoms with van der Waals surface area (Å²) in [5.41, 5.74) is 2.75. The molecule has 2 aromatic heterocycles. The van der Waals surface area contributed by atoms with E-state index < -0.39 is 23.7 Å². The van der Waals surface area contributed by atoms with E-state index in [1.807, 2.05) is 13.0 Å². The first-order valence-corrected chi connectivity index (χ1v) is 14.5. The standard InChI is InChI=1S/C31H33F2N7O4/c1-18-15-19(3-4-20(18)30(42)38-11-13-39(14-12-38)31(43)22-7-8-34-17-24(22)41)37-28-29-36-16-23(40(29)10-9-35-28)21-5-6-25(44-2)27(33)26(21)32/h3-6,9-10,15-16,22,24,34,41H,7-8,11-14,17H2,1-2H3,(H,35,37)/t22-,24+/m1/s1. The highest BCUT2D eigenvalue weighted by atomic mass is 19.2. The Balaban J connectivity index is 1.14. The Morgan fingerprint density at radius 1 is 1.07 bits per heavy atom. The summed E-state index contributed by atoms with van der Waals surface area (Å²) < 4.78 is 35.7. The largest absolute Gasteiger partial charge is 0.494 e. The van der Waals surface area contributed by atoms with Gasteiger partial charge >= 0.3 is 0 Å². The third kappa shape index (κ3) is 5.44. The van der Waals surface area contributed by atoms with Gasteiger partial charge in [0.15, 0.2) is 23.0 Å². The van der Waals surface area contributed by atoms with Crippen molar-refractivity contribution >= 4 is 29.0 Å². The topological polar surface area (TPSA) is 124 Å². The molecule has 11 nitrogen and oxygen atoms in total. The highest BCUT2D eigenvalue weighted by Crippen LogP contribution is 2.32. The Morgan fingerprint density at radius 2 is 1.84 bits per heavy atom. The first-order valence-electron chi connectivity index (χ1n) is 14.5. The molecule has 3 N–H and O–H groups in total. The van der Waals surface area contributed by atoms with Crippen molar-refractivity contribution in [1.29, 1.82) is 0 Å². The average Bonchev–Trinajstić information content (AvgIpc) is 3.47. The van der Waals surface area contributed by atoms with Crippen molar-refractivity contribution in [3.05, 3.63) is 71.7 Å². The number of rotatable bonds is 6. The molecule has 0 unspecified atom stereocenters. The number of nitrogens with zero attached hydrogens (tertiary/aromatic N) is 5. The van der Waals surface area contributed by atoms with E-state index in [1.165, 1.54) is 31.6 Å². The van der Waals surface area contributed by atoms with Crippen molar-refractivity contribution in [2.24, 2.45) is 5.92 Å². The molecular formula is C31H33F2N7O4. The lowest BCUT2D eigenvalue weighted by Gasteiger charge is -2.38. The van der Waals surface area contributed by atoms with E-state index in [-0.39, 0.29) is 23.1 Å². The quantitative estimate of drug-likeness (QED) is 0.307. The number of methoxy groups -OCH3 is 1. The SMILES string of the molecule is COc1ccc(-c2cnc3c(Nc4ccc(C(=O)N5CCN(C(=O)[C@@H]6CCNC[C@@H]6O)CC5)c(C)c4)nccn23)c(F)c1F. The molecule has 0 saturated carbocycles. The Hall–Kier alpha value is -4.62. The first kappa shape index (κ1) is 29.5. The number of piperazine rings is 1. The van der Waals surface area contributed by atoms with Crippen LogP contribution in [0, 0.1) is 24.5 Å². The number of β-amino-alcohol motifs (C(OH)–C–C–N with tert-alkyl or cyclic N) is 1. The number of carbonyl (C=O) groups is 2. The number of ether oxygens (including phenoxy) is 1. The molecule has 0 bridgehead atoms. The second-order valence-corrected chi connectivity index (χ2v) is 11.0. The van der Waals surface area contributed by atoms with Gasteiger partial charge in [-0.15, -0.1) is 0 Å². The molecule has 44 heavy (non-hydrogen) atoms. The van der Waals surface area contributed by atoms with Gasteiger partial charge in [-0.25, -0.2) is 14.4 Å². The maximum atomic E-state index is 14.8. The molecule has 13 heteroatoms. The van der Waals surface area contributed by atoms with Crippen LogP contribution in [0.5, 0.6) is 5.75 Å². The van der Waals surface area contributed by atoms with Crippen LogP contribution in [-0.2, 0) is 4.79 Å². The van der Waals surface area contributed by atoms with E-state index in [0.717, 1.165) is 5.56 Å². The zero-order chi connectivity index (χ0) is 31.0. The zero-order valence-electron chi connectivity index (χ0n) is 24.4. The van der Waals surface area contributed by atoms with Crippen LogP contribution in [0.15, 0.2) is 48.9 Å². The van der Waals surface area contributed by atoms with Gasteiger partial charge in [0, 0.05) is 61.9 Å². The summed E-state index contributed by atoms with van der Waals surface area (Å²) in [5, 5.41) is 16.5. The van der Waals surface area contributed by atoms with Crippen molar-refractivity contribution in [3.8, 4) is 17.0 Å². The lowest BCUT2D eigenvalue weighted by Crippen LogP contribution is -2.55. The maximum Gasteiger partial charge on any atom is 0.254 e.